The highest BCUT2D eigenvalue weighted by molar-refractivity contribution is 7.99. The van der Waals surface area contributed by atoms with Crippen LogP contribution in [0, 0.1) is 0 Å². The molecule has 7 heteroatoms. The molecule has 1 aromatic carbocycles. The number of carbonyl (C=O) groups is 1. The van der Waals surface area contributed by atoms with Gasteiger partial charge in [0.15, 0.2) is 0 Å². The van der Waals surface area contributed by atoms with Gasteiger partial charge in [-0.05, 0) is 25.1 Å². The predicted octanol–water partition coefficient (Wildman–Crippen LogP) is 2.74. The van der Waals surface area contributed by atoms with Crippen LogP contribution in [0.1, 0.15) is 13.3 Å². The van der Waals surface area contributed by atoms with Crippen molar-refractivity contribution in [2.45, 2.75) is 25.5 Å². The van der Waals surface area contributed by atoms with Gasteiger partial charge in [-0.15, -0.1) is 12.4 Å². The van der Waals surface area contributed by atoms with Gasteiger partial charge in [-0.3, -0.25) is 4.79 Å². The summed E-state index contributed by atoms with van der Waals surface area (Å²) >= 11 is 7.80. The first-order valence-electron chi connectivity index (χ1n) is 7.13. The highest BCUT2D eigenvalue weighted by Gasteiger charge is 2.17. The number of amides is 1. The molecule has 1 heterocycles. The standard InChI is InChI=1S/C15H21ClN2O2S.ClH/c1-11(20-14-4-2-3-12(16)7-14)9-18-15(19)8-13-10-21-6-5-17-13;/h2-4,7,11,13,17H,5-6,8-10H2,1H3,(H,18,19);1H. The molecule has 0 saturated carbocycles. The van der Waals surface area contributed by atoms with Crippen molar-refractivity contribution >= 4 is 41.7 Å². The molecule has 1 aliphatic rings. The van der Waals surface area contributed by atoms with Crippen molar-refractivity contribution in [3.8, 4) is 5.75 Å². The van der Waals surface area contributed by atoms with Crippen LogP contribution < -0.4 is 15.4 Å². The molecule has 1 aliphatic heterocycles. The number of carbonyl (C=O) groups excluding carboxylic acids is 1. The number of halogens is 2. The van der Waals surface area contributed by atoms with Crippen LogP contribution in [0.4, 0.5) is 0 Å². The molecule has 2 N–H and O–H groups in total. The molecule has 1 saturated heterocycles. The van der Waals surface area contributed by atoms with Crippen LogP contribution in [0.15, 0.2) is 24.3 Å². The zero-order valence-corrected chi connectivity index (χ0v) is 14.9. The van der Waals surface area contributed by atoms with E-state index >= 15 is 0 Å². The molecule has 0 bridgehead atoms. The van der Waals surface area contributed by atoms with E-state index < -0.39 is 0 Å². The van der Waals surface area contributed by atoms with Crippen molar-refractivity contribution in [3.05, 3.63) is 29.3 Å². The molecule has 0 radical (unpaired) electrons. The fourth-order valence-electron chi connectivity index (χ4n) is 2.12. The van der Waals surface area contributed by atoms with Gasteiger partial charge in [-0.25, -0.2) is 0 Å². The third kappa shape index (κ3) is 7.09. The van der Waals surface area contributed by atoms with E-state index in [0.717, 1.165) is 23.8 Å². The minimum atomic E-state index is -0.0962. The Morgan fingerprint density at radius 2 is 2.41 bits per heavy atom. The lowest BCUT2D eigenvalue weighted by Gasteiger charge is -2.23. The Morgan fingerprint density at radius 1 is 1.59 bits per heavy atom. The molecule has 1 fully saturated rings. The van der Waals surface area contributed by atoms with E-state index in [1.54, 1.807) is 12.1 Å². The highest BCUT2D eigenvalue weighted by atomic mass is 35.5. The van der Waals surface area contributed by atoms with Crippen molar-refractivity contribution in [2.24, 2.45) is 0 Å². The lowest BCUT2D eigenvalue weighted by molar-refractivity contribution is -0.121. The van der Waals surface area contributed by atoms with E-state index in [9.17, 15) is 4.79 Å². The van der Waals surface area contributed by atoms with Crippen LogP contribution >= 0.6 is 35.8 Å². The second-order valence-electron chi connectivity index (χ2n) is 5.12. The number of hydrogen-bond donors (Lipinski definition) is 2. The van der Waals surface area contributed by atoms with Crippen molar-refractivity contribution in [1.29, 1.82) is 0 Å². The number of nitrogens with one attached hydrogen (secondary N) is 2. The molecule has 22 heavy (non-hydrogen) atoms. The first kappa shape index (κ1) is 19.4. The first-order valence-corrected chi connectivity index (χ1v) is 8.67. The zero-order valence-electron chi connectivity index (χ0n) is 12.5. The van der Waals surface area contributed by atoms with Crippen LogP contribution in [0.2, 0.25) is 5.02 Å². The second-order valence-corrected chi connectivity index (χ2v) is 6.71. The van der Waals surface area contributed by atoms with Crippen LogP contribution in [-0.2, 0) is 4.79 Å². The minimum Gasteiger partial charge on any atom is -0.489 e. The molecule has 124 valence electrons. The summed E-state index contributed by atoms with van der Waals surface area (Å²) in [6, 6.07) is 7.55. The quantitative estimate of drug-likeness (QED) is 0.814. The molecule has 2 rings (SSSR count). The molecule has 1 aromatic rings. The molecule has 1 amide bonds. The third-order valence-corrected chi connectivity index (χ3v) is 4.52. The predicted molar refractivity (Wildman–Crippen MR) is 95.5 cm³/mol. The summed E-state index contributed by atoms with van der Waals surface area (Å²) in [6.07, 6.45) is 0.428. The van der Waals surface area contributed by atoms with Gasteiger partial charge in [0.2, 0.25) is 5.91 Å². The van der Waals surface area contributed by atoms with Gasteiger partial charge < -0.3 is 15.4 Å². The summed E-state index contributed by atoms with van der Waals surface area (Å²) in [6.45, 7) is 3.40. The summed E-state index contributed by atoms with van der Waals surface area (Å²) in [5.41, 5.74) is 0. The van der Waals surface area contributed by atoms with Crippen molar-refractivity contribution in [3.63, 3.8) is 0 Å². The molecule has 0 spiro atoms. The van der Waals surface area contributed by atoms with Gasteiger partial charge in [-0.2, -0.15) is 11.8 Å². The fraction of sp³-hybridized carbons (Fsp3) is 0.533. The average molecular weight is 365 g/mol. The van der Waals surface area contributed by atoms with Crippen LogP contribution in [0.3, 0.4) is 0 Å². The Kier molecular flexibility index (Phi) is 9.02. The van der Waals surface area contributed by atoms with Gasteiger partial charge in [-0.1, -0.05) is 17.7 Å². The van der Waals surface area contributed by atoms with E-state index in [1.165, 1.54) is 0 Å². The van der Waals surface area contributed by atoms with Gasteiger partial charge in [0, 0.05) is 35.5 Å². The first-order chi connectivity index (χ1) is 10.1. The lowest BCUT2D eigenvalue weighted by Crippen LogP contribution is -2.42. The highest BCUT2D eigenvalue weighted by Crippen LogP contribution is 2.18. The maximum absolute atomic E-state index is 11.9. The Morgan fingerprint density at radius 3 is 3.09 bits per heavy atom. The van der Waals surface area contributed by atoms with E-state index in [0.29, 0.717) is 18.0 Å². The van der Waals surface area contributed by atoms with Crippen molar-refractivity contribution in [1.82, 2.24) is 10.6 Å². The van der Waals surface area contributed by atoms with E-state index in [4.69, 9.17) is 16.3 Å². The van der Waals surface area contributed by atoms with Crippen LogP contribution in [0.25, 0.3) is 0 Å². The normalized spacial score (nSPS) is 18.9. The number of thioether (sulfide) groups is 1. The smallest absolute Gasteiger partial charge is 0.221 e. The Labute approximate surface area is 147 Å². The Hall–Kier alpha value is -0.620. The van der Waals surface area contributed by atoms with E-state index in [2.05, 4.69) is 10.6 Å². The van der Waals surface area contributed by atoms with E-state index in [-0.39, 0.29) is 30.5 Å². The summed E-state index contributed by atoms with van der Waals surface area (Å²) < 4.78 is 5.72. The summed E-state index contributed by atoms with van der Waals surface area (Å²) in [4.78, 5) is 11.9. The summed E-state index contributed by atoms with van der Waals surface area (Å²) in [7, 11) is 0. The van der Waals surface area contributed by atoms with Gasteiger partial charge >= 0.3 is 0 Å². The SMILES string of the molecule is CC(CNC(=O)CC1CSCCN1)Oc1cccc(Cl)c1.Cl. The lowest BCUT2D eigenvalue weighted by atomic mass is 10.2. The maximum Gasteiger partial charge on any atom is 0.221 e. The molecule has 0 aliphatic carbocycles. The minimum absolute atomic E-state index is 0. The van der Waals surface area contributed by atoms with Crippen LogP contribution in [0.5, 0.6) is 5.75 Å². The molecule has 4 nitrogen and oxygen atoms in total. The van der Waals surface area contributed by atoms with Crippen molar-refractivity contribution in [2.75, 3.05) is 24.6 Å². The summed E-state index contributed by atoms with van der Waals surface area (Å²) in [5, 5.41) is 6.92. The fourth-order valence-corrected chi connectivity index (χ4v) is 3.25. The van der Waals surface area contributed by atoms with Crippen LogP contribution in [-0.4, -0.2) is 42.6 Å². The third-order valence-electron chi connectivity index (χ3n) is 3.15. The van der Waals surface area contributed by atoms with Gasteiger partial charge in [0.05, 0.1) is 6.54 Å². The number of benzene rings is 1. The Balaban J connectivity index is 0.00000242. The monoisotopic (exact) mass is 364 g/mol. The number of rotatable bonds is 6. The molecular weight excluding hydrogens is 343 g/mol. The Bertz CT molecular complexity index is 471. The largest absolute Gasteiger partial charge is 0.489 e. The molecular formula is C15H22Cl2N2O2S. The van der Waals surface area contributed by atoms with Crippen molar-refractivity contribution < 1.29 is 9.53 Å². The number of ether oxygens (including phenoxy) is 1. The van der Waals surface area contributed by atoms with E-state index in [1.807, 2.05) is 30.8 Å². The maximum atomic E-state index is 11.9. The van der Waals surface area contributed by atoms with Gasteiger partial charge in [0.25, 0.3) is 0 Å². The second kappa shape index (κ2) is 10.2. The topological polar surface area (TPSA) is 50.4 Å². The average Bonchev–Trinajstić information content (AvgIpc) is 2.46. The number of hydrogen-bond acceptors (Lipinski definition) is 4. The molecule has 0 aromatic heterocycles. The zero-order chi connectivity index (χ0) is 15.1. The summed E-state index contributed by atoms with van der Waals surface area (Å²) in [5.74, 6) is 2.91. The van der Waals surface area contributed by atoms with Gasteiger partial charge in [0.1, 0.15) is 11.9 Å². The molecule has 2 unspecified atom stereocenters. The molecule has 2 atom stereocenters.